The molecule has 0 spiro atoms. The maximum atomic E-state index is 11.8. The van der Waals surface area contributed by atoms with Crippen LogP contribution >= 0.6 is 0 Å². The molecule has 1 fully saturated rings. The fourth-order valence-corrected chi connectivity index (χ4v) is 2.04. The van der Waals surface area contributed by atoms with Gasteiger partial charge in [0.05, 0.1) is 26.1 Å². The summed E-state index contributed by atoms with van der Waals surface area (Å²) in [6.07, 6.45) is 1.61. The van der Waals surface area contributed by atoms with Gasteiger partial charge in [-0.2, -0.15) is 5.26 Å². The molecule has 0 saturated carbocycles. The SMILES string of the molecule is CCOC(=O)CCC(=O)N1CC(Oc2ncccc2C#N)C1. The predicted molar refractivity (Wildman–Crippen MR) is 75.8 cm³/mol. The number of rotatable bonds is 6. The summed E-state index contributed by atoms with van der Waals surface area (Å²) in [5.74, 6) is -0.181. The number of hydrogen-bond acceptors (Lipinski definition) is 6. The molecule has 7 heteroatoms. The molecule has 7 nitrogen and oxygen atoms in total. The van der Waals surface area contributed by atoms with Gasteiger partial charge in [0.15, 0.2) is 0 Å². The Balaban J connectivity index is 1.74. The van der Waals surface area contributed by atoms with Crippen molar-refractivity contribution in [2.24, 2.45) is 0 Å². The molecule has 1 aromatic rings. The molecule has 0 atom stereocenters. The molecule has 0 unspecified atom stereocenters. The zero-order valence-corrected chi connectivity index (χ0v) is 12.3. The molecule has 1 saturated heterocycles. The molecule has 116 valence electrons. The van der Waals surface area contributed by atoms with E-state index in [1.807, 2.05) is 6.07 Å². The Morgan fingerprint density at radius 2 is 2.23 bits per heavy atom. The number of amides is 1. The van der Waals surface area contributed by atoms with Gasteiger partial charge >= 0.3 is 5.97 Å². The molecule has 0 radical (unpaired) electrons. The number of aromatic nitrogens is 1. The molecule has 0 bridgehead atoms. The highest BCUT2D eigenvalue weighted by atomic mass is 16.5. The first kappa shape index (κ1) is 15.8. The lowest BCUT2D eigenvalue weighted by Crippen LogP contribution is -2.56. The van der Waals surface area contributed by atoms with E-state index in [-0.39, 0.29) is 36.7 Å². The molecule has 2 heterocycles. The van der Waals surface area contributed by atoms with Crippen LogP contribution in [-0.2, 0) is 14.3 Å². The number of hydrogen-bond donors (Lipinski definition) is 0. The lowest BCUT2D eigenvalue weighted by Gasteiger charge is -2.38. The van der Waals surface area contributed by atoms with Gasteiger partial charge in [0, 0.05) is 12.6 Å². The fourth-order valence-electron chi connectivity index (χ4n) is 2.04. The molecule has 1 aliphatic rings. The molecule has 1 aliphatic heterocycles. The van der Waals surface area contributed by atoms with Gasteiger partial charge in [-0.3, -0.25) is 9.59 Å². The maximum Gasteiger partial charge on any atom is 0.306 e. The number of esters is 1. The second kappa shape index (κ2) is 7.41. The Morgan fingerprint density at radius 1 is 1.45 bits per heavy atom. The fraction of sp³-hybridized carbons (Fsp3) is 0.467. The summed E-state index contributed by atoms with van der Waals surface area (Å²) < 4.78 is 10.4. The molecular weight excluding hydrogens is 286 g/mol. The summed E-state index contributed by atoms with van der Waals surface area (Å²) in [4.78, 5) is 28.7. The van der Waals surface area contributed by atoms with E-state index in [9.17, 15) is 9.59 Å². The van der Waals surface area contributed by atoms with E-state index in [4.69, 9.17) is 14.7 Å². The first-order valence-electron chi connectivity index (χ1n) is 7.09. The van der Waals surface area contributed by atoms with Gasteiger partial charge in [0.2, 0.25) is 11.8 Å². The van der Waals surface area contributed by atoms with Crippen molar-refractivity contribution in [2.45, 2.75) is 25.9 Å². The van der Waals surface area contributed by atoms with Crippen LogP contribution in [0.15, 0.2) is 18.3 Å². The number of nitrogens with zero attached hydrogens (tertiary/aromatic N) is 3. The van der Waals surface area contributed by atoms with E-state index in [1.54, 1.807) is 30.2 Å². The number of ether oxygens (including phenoxy) is 2. The van der Waals surface area contributed by atoms with E-state index < -0.39 is 0 Å². The normalized spacial score (nSPS) is 13.9. The van der Waals surface area contributed by atoms with Gasteiger partial charge in [0.25, 0.3) is 0 Å². The van der Waals surface area contributed by atoms with Crippen LogP contribution in [0.1, 0.15) is 25.3 Å². The highest BCUT2D eigenvalue weighted by Gasteiger charge is 2.32. The van der Waals surface area contributed by atoms with E-state index in [0.29, 0.717) is 25.3 Å². The molecular formula is C15H17N3O4. The minimum Gasteiger partial charge on any atom is -0.470 e. The third kappa shape index (κ3) is 3.95. The Hall–Kier alpha value is -2.62. The first-order valence-corrected chi connectivity index (χ1v) is 7.09. The maximum absolute atomic E-state index is 11.8. The largest absolute Gasteiger partial charge is 0.470 e. The zero-order chi connectivity index (χ0) is 15.9. The molecule has 1 aromatic heterocycles. The van der Waals surface area contributed by atoms with Crippen molar-refractivity contribution >= 4 is 11.9 Å². The van der Waals surface area contributed by atoms with Crippen molar-refractivity contribution in [3.63, 3.8) is 0 Å². The van der Waals surface area contributed by atoms with Crippen molar-refractivity contribution in [2.75, 3.05) is 19.7 Å². The van der Waals surface area contributed by atoms with Crippen LogP contribution in [-0.4, -0.2) is 47.6 Å². The second-order valence-corrected chi connectivity index (χ2v) is 4.81. The summed E-state index contributed by atoms with van der Waals surface area (Å²) in [6.45, 7) is 2.91. The molecule has 2 rings (SSSR count). The molecule has 22 heavy (non-hydrogen) atoms. The summed E-state index contributed by atoms with van der Waals surface area (Å²) >= 11 is 0. The van der Waals surface area contributed by atoms with Crippen LogP contribution in [0, 0.1) is 11.3 Å². The van der Waals surface area contributed by atoms with Crippen molar-refractivity contribution in [1.82, 2.24) is 9.88 Å². The molecule has 0 aliphatic carbocycles. The van der Waals surface area contributed by atoms with Gasteiger partial charge in [0.1, 0.15) is 17.7 Å². The minimum absolute atomic E-state index is 0.0908. The van der Waals surface area contributed by atoms with Crippen molar-refractivity contribution in [3.05, 3.63) is 23.9 Å². The number of pyridine rings is 1. The van der Waals surface area contributed by atoms with Crippen LogP contribution in [0.2, 0.25) is 0 Å². The van der Waals surface area contributed by atoms with E-state index in [1.165, 1.54) is 0 Å². The smallest absolute Gasteiger partial charge is 0.306 e. The van der Waals surface area contributed by atoms with Gasteiger partial charge in [-0.25, -0.2) is 4.98 Å². The molecule has 0 aromatic carbocycles. The monoisotopic (exact) mass is 303 g/mol. The highest BCUT2D eigenvalue weighted by Crippen LogP contribution is 2.20. The zero-order valence-electron chi connectivity index (χ0n) is 12.3. The average Bonchev–Trinajstić information content (AvgIpc) is 2.48. The van der Waals surface area contributed by atoms with E-state index in [0.717, 1.165) is 0 Å². The highest BCUT2D eigenvalue weighted by molar-refractivity contribution is 5.82. The van der Waals surface area contributed by atoms with Crippen LogP contribution in [0.5, 0.6) is 5.88 Å². The standard InChI is InChI=1S/C15H17N3O4/c1-2-21-14(20)6-5-13(19)18-9-12(10-18)22-15-11(8-16)4-3-7-17-15/h3-4,7,12H,2,5-6,9-10H2,1H3. The average molecular weight is 303 g/mol. The molecule has 0 N–H and O–H groups in total. The summed E-state index contributed by atoms with van der Waals surface area (Å²) in [5, 5.41) is 8.95. The quantitative estimate of drug-likeness (QED) is 0.724. The van der Waals surface area contributed by atoms with E-state index in [2.05, 4.69) is 4.98 Å². The van der Waals surface area contributed by atoms with Crippen LogP contribution < -0.4 is 4.74 Å². The summed E-state index contributed by atoms with van der Waals surface area (Å²) in [7, 11) is 0. The lowest BCUT2D eigenvalue weighted by atomic mass is 10.1. The van der Waals surface area contributed by atoms with Crippen LogP contribution in [0.4, 0.5) is 0 Å². The third-order valence-electron chi connectivity index (χ3n) is 3.22. The Labute approximate surface area is 128 Å². The Bertz CT molecular complexity index is 591. The van der Waals surface area contributed by atoms with Crippen molar-refractivity contribution in [1.29, 1.82) is 5.26 Å². The number of nitriles is 1. The van der Waals surface area contributed by atoms with Crippen molar-refractivity contribution < 1.29 is 19.1 Å². The molecule has 1 amide bonds. The second-order valence-electron chi connectivity index (χ2n) is 4.81. The van der Waals surface area contributed by atoms with Gasteiger partial charge < -0.3 is 14.4 Å². The number of carbonyl (C=O) groups is 2. The van der Waals surface area contributed by atoms with Gasteiger partial charge in [-0.1, -0.05) is 0 Å². The van der Waals surface area contributed by atoms with Crippen LogP contribution in [0.3, 0.4) is 0 Å². The van der Waals surface area contributed by atoms with Gasteiger partial charge in [-0.15, -0.1) is 0 Å². The topological polar surface area (TPSA) is 92.5 Å². The third-order valence-corrected chi connectivity index (χ3v) is 3.22. The summed E-state index contributed by atoms with van der Waals surface area (Å²) in [6, 6.07) is 5.30. The van der Waals surface area contributed by atoms with Gasteiger partial charge in [-0.05, 0) is 19.1 Å². The van der Waals surface area contributed by atoms with Crippen molar-refractivity contribution in [3.8, 4) is 11.9 Å². The summed E-state index contributed by atoms with van der Waals surface area (Å²) in [5.41, 5.74) is 0.370. The lowest BCUT2D eigenvalue weighted by molar-refractivity contribution is -0.148. The number of carbonyl (C=O) groups excluding carboxylic acids is 2. The van der Waals surface area contributed by atoms with Crippen LogP contribution in [0.25, 0.3) is 0 Å². The first-order chi connectivity index (χ1) is 10.6. The predicted octanol–water partition coefficient (Wildman–Crippen LogP) is 0.886. The Morgan fingerprint density at radius 3 is 2.91 bits per heavy atom. The number of likely N-dealkylation sites (tertiary alicyclic amines) is 1. The van der Waals surface area contributed by atoms with E-state index >= 15 is 0 Å². The minimum atomic E-state index is -0.365. The Kier molecular flexibility index (Phi) is 5.31.